The van der Waals surface area contributed by atoms with E-state index in [4.69, 9.17) is 16.6 Å². The van der Waals surface area contributed by atoms with Crippen LogP contribution < -0.4 is 16.8 Å². The highest BCUT2D eigenvalue weighted by molar-refractivity contribution is 5.87. The van der Waals surface area contributed by atoms with Crippen molar-refractivity contribution in [2.45, 2.75) is 44.8 Å². The first-order valence-electron chi connectivity index (χ1n) is 7.39. The van der Waals surface area contributed by atoms with Crippen LogP contribution in [0.3, 0.4) is 0 Å². The third kappa shape index (κ3) is 5.83. The lowest BCUT2D eigenvalue weighted by molar-refractivity contribution is -0.142. The topological polar surface area (TPSA) is 118 Å². The zero-order valence-corrected chi connectivity index (χ0v) is 13.0. The Kier molecular flexibility index (Phi) is 7.01. The predicted molar refractivity (Wildman–Crippen MR) is 85.1 cm³/mol. The molecule has 6 heteroatoms. The van der Waals surface area contributed by atoms with Crippen LogP contribution in [-0.4, -0.2) is 35.1 Å². The molecule has 1 aromatic rings. The fourth-order valence-electron chi connectivity index (χ4n) is 2.17. The second-order valence-electron chi connectivity index (χ2n) is 5.91. The minimum absolute atomic E-state index is 0.149. The van der Waals surface area contributed by atoms with E-state index in [0.29, 0.717) is 12.8 Å². The zero-order valence-electron chi connectivity index (χ0n) is 13.0. The molecule has 0 radical (unpaired) electrons. The summed E-state index contributed by atoms with van der Waals surface area (Å²) in [5.74, 6) is -1.45. The molecule has 0 aromatic heterocycles. The minimum Gasteiger partial charge on any atom is -0.480 e. The van der Waals surface area contributed by atoms with Crippen LogP contribution in [0, 0.1) is 5.92 Å². The summed E-state index contributed by atoms with van der Waals surface area (Å²) in [6.07, 6.45) is 0.805. The molecule has 0 aliphatic rings. The molecule has 0 saturated heterocycles. The molecule has 1 amide bonds. The highest BCUT2D eigenvalue weighted by Gasteiger charge is 2.27. The standard InChI is InChI=1S/C16H25N3O3/c1-10(2)8-13(16(21)22)19-15(20)14(18)12(17)9-11-6-4-3-5-7-11/h3-7,10,12-14H,8-9,17-18H2,1-2H3,(H,19,20)(H,21,22)/t12-,13+,14+/m1/s1. The molecule has 6 nitrogen and oxygen atoms in total. The van der Waals surface area contributed by atoms with E-state index >= 15 is 0 Å². The summed E-state index contributed by atoms with van der Waals surface area (Å²) < 4.78 is 0. The number of carbonyl (C=O) groups is 2. The van der Waals surface area contributed by atoms with E-state index in [1.54, 1.807) is 0 Å². The first kappa shape index (κ1) is 18.1. The molecule has 122 valence electrons. The van der Waals surface area contributed by atoms with Gasteiger partial charge in [-0.25, -0.2) is 4.79 Å². The van der Waals surface area contributed by atoms with Crippen LogP contribution in [0.4, 0.5) is 0 Å². The molecule has 0 aliphatic heterocycles. The molecule has 0 unspecified atom stereocenters. The number of rotatable bonds is 8. The van der Waals surface area contributed by atoms with Gasteiger partial charge in [-0.1, -0.05) is 44.2 Å². The normalized spacial score (nSPS) is 15.1. The monoisotopic (exact) mass is 307 g/mol. The summed E-state index contributed by atoms with van der Waals surface area (Å²) in [5.41, 5.74) is 12.8. The summed E-state index contributed by atoms with van der Waals surface area (Å²) in [4.78, 5) is 23.3. The SMILES string of the molecule is CC(C)C[C@H](NC(=O)[C@@H](N)[C@H](N)Cc1ccccc1)C(=O)O. The number of amides is 1. The fraction of sp³-hybridized carbons (Fsp3) is 0.500. The molecule has 0 bridgehead atoms. The minimum atomic E-state index is -1.06. The molecule has 0 spiro atoms. The number of nitrogens with one attached hydrogen (secondary N) is 1. The van der Waals surface area contributed by atoms with Gasteiger partial charge in [-0.2, -0.15) is 0 Å². The van der Waals surface area contributed by atoms with Crippen molar-refractivity contribution in [1.82, 2.24) is 5.32 Å². The van der Waals surface area contributed by atoms with Gasteiger partial charge in [0.05, 0.1) is 6.04 Å². The number of aliphatic carboxylic acids is 1. The molecular formula is C16H25N3O3. The summed E-state index contributed by atoms with van der Waals surface area (Å²) in [5, 5.41) is 11.6. The Bertz CT molecular complexity index is 491. The number of carbonyl (C=O) groups excluding carboxylic acids is 1. The smallest absolute Gasteiger partial charge is 0.326 e. The number of carboxylic acid groups (broad SMARTS) is 1. The van der Waals surface area contributed by atoms with Gasteiger partial charge in [0.1, 0.15) is 6.04 Å². The largest absolute Gasteiger partial charge is 0.480 e. The number of carboxylic acids is 1. The Hall–Kier alpha value is -1.92. The quantitative estimate of drug-likeness (QED) is 0.557. The van der Waals surface area contributed by atoms with Crippen molar-refractivity contribution in [3.05, 3.63) is 35.9 Å². The maximum Gasteiger partial charge on any atom is 0.326 e. The number of hydrogen-bond acceptors (Lipinski definition) is 4. The Balaban J connectivity index is 2.61. The summed E-state index contributed by atoms with van der Waals surface area (Å²) in [7, 11) is 0. The van der Waals surface area contributed by atoms with Crippen molar-refractivity contribution in [1.29, 1.82) is 0 Å². The van der Waals surface area contributed by atoms with Crippen molar-refractivity contribution in [2.75, 3.05) is 0 Å². The van der Waals surface area contributed by atoms with Gasteiger partial charge in [-0.15, -0.1) is 0 Å². The van der Waals surface area contributed by atoms with E-state index < -0.39 is 30.0 Å². The van der Waals surface area contributed by atoms with Crippen molar-refractivity contribution in [3.8, 4) is 0 Å². The molecule has 6 N–H and O–H groups in total. The van der Waals surface area contributed by atoms with Crippen molar-refractivity contribution < 1.29 is 14.7 Å². The molecule has 3 atom stereocenters. The molecular weight excluding hydrogens is 282 g/mol. The molecule has 1 rings (SSSR count). The van der Waals surface area contributed by atoms with Crippen molar-refractivity contribution >= 4 is 11.9 Å². The van der Waals surface area contributed by atoms with Crippen LogP contribution in [0.2, 0.25) is 0 Å². The first-order valence-corrected chi connectivity index (χ1v) is 7.39. The van der Waals surface area contributed by atoms with E-state index in [0.717, 1.165) is 5.56 Å². The van der Waals surface area contributed by atoms with Crippen LogP contribution in [-0.2, 0) is 16.0 Å². The Labute approximate surface area is 130 Å². The summed E-state index contributed by atoms with van der Waals surface area (Å²) in [6, 6.07) is 7.01. The average molecular weight is 307 g/mol. The van der Waals surface area contributed by atoms with E-state index in [-0.39, 0.29) is 5.92 Å². The van der Waals surface area contributed by atoms with Crippen LogP contribution in [0.1, 0.15) is 25.8 Å². The fourth-order valence-corrected chi connectivity index (χ4v) is 2.17. The maximum atomic E-state index is 12.1. The molecule has 0 fully saturated rings. The van der Waals surface area contributed by atoms with E-state index in [1.807, 2.05) is 44.2 Å². The van der Waals surface area contributed by atoms with Crippen LogP contribution in [0.15, 0.2) is 30.3 Å². The van der Waals surface area contributed by atoms with Gasteiger partial charge < -0.3 is 21.9 Å². The molecule has 22 heavy (non-hydrogen) atoms. The lowest BCUT2D eigenvalue weighted by atomic mass is 9.99. The molecule has 0 aliphatic carbocycles. The van der Waals surface area contributed by atoms with E-state index in [1.165, 1.54) is 0 Å². The van der Waals surface area contributed by atoms with E-state index in [2.05, 4.69) is 5.32 Å². The van der Waals surface area contributed by atoms with Gasteiger partial charge >= 0.3 is 5.97 Å². The van der Waals surface area contributed by atoms with E-state index in [9.17, 15) is 9.59 Å². The van der Waals surface area contributed by atoms with Crippen LogP contribution in [0.25, 0.3) is 0 Å². The number of hydrogen-bond donors (Lipinski definition) is 4. The number of benzene rings is 1. The number of nitrogens with two attached hydrogens (primary N) is 2. The van der Waals surface area contributed by atoms with Crippen molar-refractivity contribution in [3.63, 3.8) is 0 Å². The molecule has 0 saturated carbocycles. The second kappa shape index (κ2) is 8.51. The van der Waals surface area contributed by atoms with Crippen LogP contribution in [0.5, 0.6) is 0 Å². The van der Waals surface area contributed by atoms with Gasteiger partial charge in [-0.05, 0) is 24.3 Å². The second-order valence-corrected chi connectivity index (χ2v) is 5.91. The Morgan fingerprint density at radius 1 is 1.18 bits per heavy atom. The zero-order chi connectivity index (χ0) is 16.7. The van der Waals surface area contributed by atoms with Gasteiger partial charge in [0.15, 0.2) is 0 Å². The third-order valence-electron chi connectivity index (χ3n) is 3.40. The highest BCUT2D eigenvalue weighted by Crippen LogP contribution is 2.07. The van der Waals surface area contributed by atoms with Gasteiger partial charge in [0, 0.05) is 6.04 Å². The molecule has 0 heterocycles. The van der Waals surface area contributed by atoms with Crippen LogP contribution >= 0.6 is 0 Å². The van der Waals surface area contributed by atoms with Gasteiger partial charge in [0.2, 0.25) is 5.91 Å². The molecule has 1 aromatic carbocycles. The lowest BCUT2D eigenvalue weighted by Gasteiger charge is -2.23. The van der Waals surface area contributed by atoms with Gasteiger partial charge in [0.25, 0.3) is 0 Å². The average Bonchev–Trinajstić information content (AvgIpc) is 2.46. The van der Waals surface area contributed by atoms with Crippen molar-refractivity contribution in [2.24, 2.45) is 17.4 Å². The first-order chi connectivity index (χ1) is 10.3. The summed E-state index contributed by atoms with van der Waals surface area (Å²) >= 11 is 0. The predicted octanol–water partition coefficient (Wildman–Crippen LogP) is 0.499. The Morgan fingerprint density at radius 3 is 2.27 bits per heavy atom. The maximum absolute atomic E-state index is 12.1. The summed E-state index contributed by atoms with van der Waals surface area (Å²) in [6.45, 7) is 3.78. The third-order valence-corrected chi connectivity index (χ3v) is 3.40. The lowest BCUT2D eigenvalue weighted by Crippen LogP contribution is -2.56. The Morgan fingerprint density at radius 2 is 1.77 bits per heavy atom. The highest BCUT2D eigenvalue weighted by atomic mass is 16.4. The van der Waals surface area contributed by atoms with Gasteiger partial charge in [-0.3, -0.25) is 4.79 Å².